The van der Waals surface area contributed by atoms with E-state index < -0.39 is 11.5 Å². The number of ether oxygens (including phenoxy) is 2. The molecule has 0 radical (unpaired) electrons. The predicted molar refractivity (Wildman–Crippen MR) is 73.7 cm³/mol. The monoisotopic (exact) mass is 283 g/mol. The fraction of sp³-hybridized carbons (Fsp3) is 0.933. The number of carboxylic acid groups (broad SMARTS) is 1. The molecular formula is C15H25NO4. The molecule has 0 bridgehead atoms. The van der Waals surface area contributed by atoms with Gasteiger partial charge in [0.2, 0.25) is 0 Å². The summed E-state index contributed by atoms with van der Waals surface area (Å²) in [5.41, 5.74) is -0.865. The lowest BCUT2D eigenvalue weighted by Gasteiger charge is -2.32. The minimum absolute atomic E-state index is 0.148. The molecular weight excluding hydrogens is 258 g/mol. The molecule has 5 nitrogen and oxygen atoms in total. The number of hydrogen-bond donors (Lipinski definition) is 2. The van der Waals surface area contributed by atoms with Crippen LogP contribution in [0.5, 0.6) is 0 Å². The number of carbonyl (C=O) groups is 1. The van der Waals surface area contributed by atoms with Crippen molar-refractivity contribution < 1.29 is 19.4 Å². The number of nitrogens with one attached hydrogen (secondary N) is 1. The van der Waals surface area contributed by atoms with Crippen LogP contribution in [0.25, 0.3) is 0 Å². The summed E-state index contributed by atoms with van der Waals surface area (Å²) < 4.78 is 11.4. The van der Waals surface area contributed by atoms with Crippen molar-refractivity contribution in [1.29, 1.82) is 0 Å². The zero-order chi connectivity index (χ0) is 14.0. The van der Waals surface area contributed by atoms with Gasteiger partial charge >= 0.3 is 5.97 Å². The van der Waals surface area contributed by atoms with Crippen molar-refractivity contribution in [3.63, 3.8) is 0 Å². The molecule has 3 rings (SSSR count). The third kappa shape index (κ3) is 3.32. The van der Waals surface area contributed by atoms with E-state index in [9.17, 15) is 9.90 Å². The van der Waals surface area contributed by atoms with Gasteiger partial charge in [-0.3, -0.25) is 10.1 Å². The molecule has 2 unspecified atom stereocenters. The highest BCUT2D eigenvalue weighted by Gasteiger charge is 2.53. The normalized spacial score (nSPS) is 29.9. The van der Waals surface area contributed by atoms with Crippen LogP contribution in [0.4, 0.5) is 0 Å². The Kier molecular flexibility index (Phi) is 4.29. The molecule has 0 aromatic carbocycles. The van der Waals surface area contributed by atoms with E-state index in [1.807, 2.05) is 0 Å². The highest BCUT2D eigenvalue weighted by atomic mass is 16.5. The summed E-state index contributed by atoms with van der Waals surface area (Å²) in [6, 6.07) is 0.376. The van der Waals surface area contributed by atoms with Crippen LogP contribution in [0, 0.1) is 5.92 Å². The molecule has 5 heteroatoms. The van der Waals surface area contributed by atoms with E-state index >= 15 is 0 Å². The van der Waals surface area contributed by atoms with Gasteiger partial charge < -0.3 is 14.6 Å². The summed E-state index contributed by atoms with van der Waals surface area (Å²) in [6.45, 7) is 1.60. The second kappa shape index (κ2) is 6.00. The molecule has 2 N–H and O–H groups in total. The van der Waals surface area contributed by atoms with Gasteiger partial charge in [0.1, 0.15) is 5.54 Å². The maximum Gasteiger partial charge on any atom is 0.326 e. The van der Waals surface area contributed by atoms with E-state index in [4.69, 9.17) is 9.47 Å². The van der Waals surface area contributed by atoms with E-state index in [0.717, 1.165) is 45.1 Å². The van der Waals surface area contributed by atoms with Gasteiger partial charge in [0.25, 0.3) is 0 Å². The van der Waals surface area contributed by atoms with Crippen LogP contribution in [0.15, 0.2) is 0 Å². The van der Waals surface area contributed by atoms with Crippen molar-refractivity contribution >= 4 is 5.97 Å². The third-order valence-electron chi connectivity index (χ3n) is 4.60. The smallest absolute Gasteiger partial charge is 0.326 e. The summed E-state index contributed by atoms with van der Waals surface area (Å²) in [5, 5.41) is 13.0. The van der Waals surface area contributed by atoms with Crippen molar-refractivity contribution in [2.24, 2.45) is 5.92 Å². The molecule has 1 saturated heterocycles. The molecule has 0 aromatic rings. The van der Waals surface area contributed by atoms with Gasteiger partial charge in [-0.2, -0.15) is 0 Å². The highest BCUT2D eigenvalue weighted by molar-refractivity contribution is 5.80. The fourth-order valence-electron chi connectivity index (χ4n) is 3.03. The fourth-order valence-corrected chi connectivity index (χ4v) is 3.03. The molecule has 0 amide bonds. The van der Waals surface area contributed by atoms with E-state index in [-0.39, 0.29) is 18.6 Å². The Morgan fingerprint density at radius 2 is 2.05 bits per heavy atom. The first-order valence-corrected chi connectivity index (χ1v) is 7.91. The zero-order valence-corrected chi connectivity index (χ0v) is 12.0. The van der Waals surface area contributed by atoms with Gasteiger partial charge in [-0.1, -0.05) is 0 Å². The molecule has 2 atom stereocenters. The molecule has 1 aliphatic heterocycles. The molecule has 2 aliphatic carbocycles. The van der Waals surface area contributed by atoms with Gasteiger partial charge in [0.05, 0.1) is 19.3 Å². The summed E-state index contributed by atoms with van der Waals surface area (Å²) in [7, 11) is 0. The van der Waals surface area contributed by atoms with Gasteiger partial charge in [-0.25, -0.2) is 0 Å². The maximum absolute atomic E-state index is 11.8. The average molecular weight is 283 g/mol. The van der Waals surface area contributed by atoms with Crippen molar-refractivity contribution in [1.82, 2.24) is 5.32 Å². The molecule has 0 aromatic heterocycles. The van der Waals surface area contributed by atoms with Crippen LogP contribution in [0.2, 0.25) is 0 Å². The Hall–Kier alpha value is -0.650. The van der Waals surface area contributed by atoms with Crippen LogP contribution < -0.4 is 5.32 Å². The SMILES string of the molecule is O=C(O)C(COCC1CCCCO1)(NC1CC1)C1CC1. The number of rotatable bonds is 8. The Morgan fingerprint density at radius 1 is 1.25 bits per heavy atom. The highest BCUT2D eigenvalue weighted by Crippen LogP contribution is 2.42. The topological polar surface area (TPSA) is 67.8 Å². The van der Waals surface area contributed by atoms with Crippen LogP contribution in [0.3, 0.4) is 0 Å². The molecule has 20 heavy (non-hydrogen) atoms. The summed E-state index contributed by atoms with van der Waals surface area (Å²) in [5.74, 6) is -0.524. The van der Waals surface area contributed by atoms with Crippen LogP contribution in [0.1, 0.15) is 44.9 Å². The molecule has 0 spiro atoms. The lowest BCUT2D eigenvalue weighted by molar-refractivity contribution is -0.150. The van der Waals surface area contributed by atoms with E-state index in [1.54, 1.807) is 0 Å². The van der Waals surface area contributed by atoms with E-state index in [0.29, 0.717) is 12.6 Å². The Bertz CT molecular complexity index is 348. The molecule has 3 aliphatic rings. The van der Waals surface area contributed by atoms with Gasteiger partial charge in [0.15, 0.2) is 0 Å². The van der Waals surface area contributed by atoms with E-state index in [1.165, 1.54) is 6.42 Å². The minimum atomic E-state index is -0.865. The number of hydrogen-bond acceptors (Lipinski definition) is 4. The lowest BCUT2D eigenvalue weighted by atomic mass is 9.94. The third-order valence-corrected chi connectivity index (χ3v) is 4.60. The Labute approximate surface area is 120 Å². The summed E-state index contributed by atoms with van der Waals surface area (Å²) in [4.78, 5) is 11.8. The summed E-state index contributed by atoms with van der Waals surface area (Å²) >= 11 is 0. The van der Waals surface area contributed by atoms with Gasteiger partial charge in [-0.05, 0) is 50.9 Å². The van der Waals surface area contributed by atoms with E-state index in [2.05, 4.69) is 5.32 Å². The first kappa shape index (κ1) is 14.3. The predicted octanol–water partition coefficient (Wildman–Crippen LogP) is 1.56. The molecule has 114 valence electrons. The van der Waals surface area contributed by atoms with Crippen LogP contribution >= 0.6 is 0 Å². The average Bonchev–Trinajstić information content (AvgIpc) is 3.31. The molecule has 2 saturated carbocycles. The van der Waals surface area contributed by atoms with Gasteiger partial charge in [0, 0.05) is 12.6 Å². The summed E-state index contributed by atoms with van der Waals surface area (Å²) in [6.07, 6.45) is 7.66. The van der Waals surface area contributed by atoms with Crippen LogP contribution in [-0.2, 0) is 14.3 Å². The van der Waals surface area contributed by atoms with Crippen molar-refractivity contribution in [3.8, 4) is 0 Å². The van der Waals surface area contributed by atoms with Crippen molar-refractivity contribution in [2.45, 2.75) is 62.6 Å². The van der Waals surface area contributed by atoms with Crippen molar-refractivity contribution in [2.75, 3.05) is 19.8 Å². The van der Waals surface area contributed by atoms with Gasteiger partial charge in [-0.15, -0.1) is 0 Å². The first-order valence-electron chi connectivity index (χ1n) is 7.91. The molecule has 1 heterocycles. The number of carboxylic acids is 1. The maximum atomic E-state index is 11.8. The lowest BCUT2D eigenvalue weighted by Crippen LogP contribution is -2.58. The largest absolute Gasteiger partial charge is 0.480 e. The minimum Gasteiger partial charge on any atom is -0.480 e. The second-order valence-electron chi connectivity index (χ2n) is 6.47. The van der Waals surface area contributed by atoms with Crippen molar-refractivity contribution in [3.05, 3.63) is 0 Å². The Morgan fingerprint density at radius 3 is 2.60 bits per heavy atom. The standard InChI is InChI=1S/C15H25NO4/c17-14(18)15(11-4-5-11,16-12-6-7-12)10-19-9-13-3-1-2-8-20-13/h11-13,16H,1-10H2,(H,17,18). The second-order valence-corrected chi connectivity index (χ2v) is 6.47. The quantitative estimate of drug-likeness (QED) is 0.707. The first-order chi connectivity index (χ1) is 9.71. The Balaban J connectivity index is 1.53. The zero-order valence-electron chi connectivity index (χ0n) is 12.0. The molecule has 3 fully saturated rings. The van der Waals surface area contributed by atoms with Crippen LogP contribution in [-0.4, -0.2) is 48.6 Å². The number of aliphatic carboxylic acids is 1.